The fourth-order valence-corrected chi connectivity index (χ4v) is 6.64. The molecule has 0 spiro atoms. The molecule has 3 aromatic heterocycles. The molecule has 224 valence electrons. The highest BCUT2D eigenvalue weighted by atomic mass is 32.1. The molecule has 41 heavy (non-hydrogen) atoms. The first kappa shape index (κ1) is 29.3. The minimum atomic E-state index is -4.54. The fourth-order valence-electron chi connectivity index (χ4n) is 5.52. The smallest absolute Gasteiger partial charge is 0.444 e. The number of aromatic nitrogens is 5. The summed E-state index contributed by atoms with van der Waals surface area (Å²) in [5, 5.41) is 11.1. The number of fused-ring (bicyclic) bond motifs is 2. The van der Waals surface area contributed by atoms with E-state index in [-0.39, 0.29) is 25.0 Å². The van der Waals surface area contributed by atoms with Crippen molar-refractivity contribution in [1.82, 2.24) is 30.0 Å². The minimum absolute atomic E-state index is 0.0463. The van der Waals surface area contributed by atoms with E-state index >= 15 is 0 Å². The second-order valence-corrected chi connectivity index (χ2v) is 13.0. The summed E-state index contributed by atoms with van der Waals surface area (Å²) in [6.45, 7) is 11.8. The highest BCUT2D eigenvalue weighted by Crippen LogP contribution is 2.37. The Morgan fingerprint density at radius 2 is 1.95 bits per heavy atom. The molecule has 3 aromatic rings. The number of nitrogens with zero attached hydrogens (tertiary/aromatic N) is 7. The van der Waals surface area contributed by atoms with Crippen LogP contribution in [-0.4, -0.2) is 62.1 Å². The molecule has 1 saturated heterocycles. The molecular formula is C27H37F3N8O2S. The van der Waals surface area contributed by atoms with Crippen LogP contribution >= 0.6 is 11.3 Å². The van der Waals surface area contributed by atoms with Gasteiger partial charge in [0.2, 0.25) is 11.8 Å². The van der Waals surface area contributed by atoms with Crippen molar-refractivity contribution in [2.24, 2.45) is 5.92 Å². The average molecular weight is 595 g/mol. The van der Waals surface area contributed by atoms with E-state index in [1.807, 2.05) is 32.6 Å². The largest absolute Gasteiger partial charge is 0.451 e. The Morgan fingerprint density at radius 3 is 2.66 bits per heavy atom. The third-order valence-electron chi connectivity index (χ3n) is 7.23. The minimum Gasteiger partial charge on any atom is -0.444 e. The third-order valence-corrected chi connectivity index (χ3v) is 8.32. The van der Waals surface area contributed by atoms with Crippen LogP contribution in [0, 0.1) is 5.92 Å². The van der Waals surface area contributed by atoms with Gasteiger partial charge in [0, 0.05) is 37.1 Å². The lowest BCUT2D eigenvalue weighted by molar-refractivity contribution is -0.147. The molecular weight excluding hydrogens is 557 g/mol. The summed E-state index contributed by atoms with van der Waals surface area (Å²) >= 11 is 1.64. The average Bonchev–Trinajstić information content (AvgIpc) is 3.59. The number of carbonyl (C=O) groups is 1. The van der Waals surface area contributed by atoms with Crippen LogP contribution in [0.15, 0.2) is 6.07 Å². The normalized spacial score (nSPS) is 18.6. The number of nitrogens with one attached hydrogen (secondary N) is 1. The maximum absolute atomic E-state index is 13.4. The molecule has 0 saturated carbocycles. The molecule has 2 aliphatic heterocycles. The predicted molar refractivity (Wildman–Crippen MR) is 151 cm³/mol. The van der Waals surface area contributed by atoms with E-state index in [0.29, 0.717) is 18.4 Å². The van der Waals surface area contributed by atoms with Crippen molar-refractivity contribution in [2.75, 3.05) is 29.4 Å². The SMILES string of the molecule is CCCc1cc2c(N3CCn4c(nnc4C(F)(F)F)C3)nc(N3CCC(CC(C)NC(=O)OC(C)(C)C)C3)nc2s1. The van der Waals surface area contributed by atoms with Gasteiger partial charge in [-0.15, -0.1) is 21.5 Å². The first-order valence-corrected chi connectivity index (χ1v) is 14.9. The van der Waals surface area contributed by atoms with Gasteiger partial charge >= 0.3 is 12.3 Å². The van der Waals surface area contributed by atoms with Gasteiger partial charge in [-0.05, 0) is 58.9 Å². The van der Waals surface area contributed by atoms with Gasteiger partial charge in [0.25, 0.3) is 0 Å². The van der Waals surface area contributed by atoms with Crippen molar-refractivity contribution in [3.8, 4) is 0 Å². The monoisotopic (exact) mass is 594 g/mol. The molecule has 0 bridgehead atoms. The number of amides is 1. The number of carbonyl (C=O) groups excluding carboxylic acids is 1. The number of rotatable bonds is 7. The molecule has 0 radical (unpaired) electrons. The van der Waals surface area contributed by atoms with Gasteiger partial charge in [0.05, 0.1) is 11.9 Å². The van der Waals surface area contributed by atoms with Gasteiger partial charge in [-0.25, -0.2) is 9.78 Å². The summed E-state index contributed by atoms with van der Waals surface area (Å²) in [7, 11) is 0. The number of hydrogen-bond acceptors (Lipinski definition) is 9. The Bertz CT molecular complexity index is 1400. The van der Waals surface area contributed by atoms with Crippen LogP contribution in [-0.2, 0) is 30.4 Å². The first-order chi connectivity index (χ1) is 19.3. The van der Waals surface area contributed by atoms with Gasteiger partial charge in [-0.1, -0.05) is 13.3 Å². The van der Waals surface area contributed by atoms with Crippen molar-refractivity contribution in [2.45, 2.75) is 91.2 Å². The third kappa shape index (κ3) is 6.68. The van der Waals surface area contributed by atoms with Crippen molar-refractivity contribution in [3.63, 3.8) is 0 Å². The highest BCUT2D eigenvalue weighted by molar-refractivity contribution is 7.18. The Labute approximate surface area is 241 Å². The zero-order chi connectivity index (χ0) is 29.5. The van der Waals surface area contributed by atoms with E-state index in [2.05, 4.69) is 33.4 Å². The molecule has 2 atom stereocenters. The quantitative estimate of drug-likeness (QED) is 0.388. The van der Waals surface area contributed by atoms with Crippen LogP contribution in [0.25, 0.3) is 10.2 Å². The van der Waals surface area contributed by atoms with Crippen LogP contribution in [0.4, 0.5) is 29.7 Å². The summed E-state index contributed by atoms with van der Waals surface area (Å²) in [5.74, 6) is 0.995. The number of alkyl halides is 3. The second-order valence-electron chi connectivity index (χ2n) is 11.9. The van der Waals surface area contributed by atoms with Crippen molar-refractivity contribution >= 4 is 39.4 Å². The lowest BCUT2D eigenvalue weighted by Gasteiger charge is -2.30. The molecule has 0 aromatic carbocycles. The molecule has 2 unspecified atom stereocenters. The van der Waals surface area contributed by atoms with Crippen molar-refractivity contribution < 1.29 is 22.7 Å². The molecule has 1 amide bonds. The number of anilines is 2. The molecule has 10 nitrogen and oxygen atoms in total. The van der Waals surface area contributed by atoms with Crippen LogP contribution < -0.4 is 15.1 Å². The van der Waals surface area contributed by atoms with Crippen LogP contribution in [0.5, 0.6) is 0 Å². The molecule has 1 N–H and O–H groups in total. The number of hydrogen-bond donors (Lipinski definition) is 1. The van der Waals surface area contributed by atoms with E-state index in [4.69, 9.17) is 14.7 Å². The molecule has 2 aliphatic rings. The molecule has 5 heterocycles. The summed E-state index contributed by atoms with van der Waals surface area (Å²) in [4.78, 5) is 28.3. The topological polar surface area (TPSA) is 101 Å². The summed E-state index contributed by atoms with van der Waals surface area (Å²) in [5.41, 5.74) is -0.551. The number of halogens is 3. The molecule has 14 heteroatoms. The van der Waals surface area contributed by atoms with Crippen LogP contribution in [0.3, 0.4) is 0 Å². The maximum atomic E-state index is 13.4. The zero-order valence-corrected chi connectivity index (χ0v) is 24.9. The highest BCUT2D eigenvalue weighted by Gasteiger charge is 2.40. The Morgan fingerprint density at radius 1 is 1.17 bits per heavy atom. The Balaban J connectivity index is 1.35. The number of ether oxygens (including phenoxy) is 1. The van der Waals surface area contributed by atoms with Crippen LogP contribution in [0.1, 0.15) is 70.4 Å². The Kier molecular flexibility index (Phi) is 8.05. The summed E-state index contributed by atoms with van der Waals surface area (Å²) in [6.07, 6.45) is -1.30. The van der Waals surface area contributed by atoms with E-state index in [0.717, 1.165) is 59.4 Å². The predicted octanol–water partition coefficient (Wildman–Crippen LogP) is 5.40. The van der Waals surface area contributed by atoms with Gasteiger partial charge in [-0.2, -0.15) is 18.2 Å². The van der Waals surface area contributed by atoms with Gasteiger partial charge in [0.1, 0.15) is 16.2 Å². The molecule has 1 fully saturated rings. The lowest BCUT2D eigenvalue weighted by Crippen LogP contribution is -2.38. The van der Waals surface area contributed by atoms with E-state index in [1.54, 1.807) is 11.3 Å². The van der Waals surface area contributed by atoms with Gasteiger partial charge < -0.3 is 24.4 Å². The maximum Gasteiger partial charge on any atom is 0.451 e. The zero-order valence-electron chi connectivity index (χ0n) is 24.1. The van der Waals surface area contributed by atoms with E-state index in [1.165, 1.54) is 4.88 Å². The second kappa shape index (κ2) is 11.3. The lowest BCUT2D eigenvalue weighted by atomic mass is 10.0. The molecule has 0 aliphatic carbocycles. The van der Waals surface area contributed by atoms with Crippen molar-refractivity contribution in [3.05, 3.63) is 22.6 Å². The number of aryl methyl sites for hydroxylation is 1. The number of alkyl carbamates (subject to hydrolysis) is 1. The van der Waals surface area contributed by atoms with E-state index in [9.17, 15) is 18.0 Å². The first-order valence-electron chi connectivity index (χ1n) is 14.1. The Hall–Kier alpha value is -3.16. The number of thiophene rings is 1. The van der Waals surface area contributed by atoms with Gasteiger partial charge in [-0.3, -0.25) is 0 Å². The van der Waals surface area contributed by atoms with Gasteiger partial charge in [0.15, 0.2) is 5.82 Å². The fraction of sp³-hybridized carbons (Fsp3) is 0.667. The molecule has 5 rings (SSSR count). The standard InChI is InChI=1S/C27H37F3N8O2S/c1-6-7-18-13-19-21(36-10-11-38-20(15-36)34-35-23(38)27(28,29)30)32-24(33-22(19)41-18)37-9-8-17(14-37)12-16(2)31-25(39)40-26(3,4)5/h13,16-17H,6-12,14-15H2,1-5H3,(H,31,39). The van der Waals surface area contributed by atoms with Crippen LogP contribution in [0.2, 0.25) is 0 Å². The summed E-state index contributed by atoms with van der Waals surface area (Å²) < 4.78 is 46.7. The van der Waals surface area contributed by atoms with Crippen molar-refractivity contribution in [1.29, 1.82) is 0 Å². The van der Waals surface area contributed by atoms with E-state index < -0.39 is 23.7 Å². The summed E-state index contributed by atoms with van der Waals surface area (Å²) in [6, 6.07) is 2.06.